The molecule has 1 saturated heterocycles. The van der Waals surface area contributed by atoms with Gasteiger partial charge in [0, 0.05) is 0 Å². The molecule has 0 saturated carbocycles. The average Bonchev–Trinajstić information content (AvgIpc) is 2.41. The van der Waals surface area contributed by atoms with Crippen LogP contribution in [0.25, 0.3) is 0 Å². The summed E-state index contributed by atoms with van der Waals surface area (Å²) in [5, 5.41) is 0. The zero-order valence-electron chi connectivity index (χ0n) is 10.4. The first kappa shape index (κ1) is 12.5. The van der Waals surface area contributed by atoms with Crippen LogP contribution < -0.4 is 21.7 Å². The maximum absolute atomic E-state index is 3.30. The summed E-state index contributed by atoms with van der Waals surface area (Å²) in [7, 11) is 0. The standard InChI is InChI=1S/C13H22N4/c1-2-3-5-10-12-14-16-13(17-15-12)11-8-6-4-7-9-11/h4,6-9,12-17H,2-3,5,10H2,1H3. The van der Waals surface area contributed by atoms with Gasteiger partial charge in [-0.1, -0.05) is 56.5 Å². The first-order chi connectivity index (χ1) is 8.40. The van der Waals surface area contributed by atoms with E-state index < -0.39 is 0 Å². The van der Waals surface area contributed by atoms with E-state index in [1.165, 1.54) is 24.8 Å². The summed E-state index contributed by atoms with van der Waals surface area (Å²) in [6.07, 6.45) is 5.37. The van der Waals surface area contributed by atoms with Crippen molar-refractivity contribution in [1.82, 2.24) is 21.7 Å². The van der Waals surface area contributed by atoms with Crippen molar-refractivity contribution in [3.05, 3.63) is 35.9 Å². The molecular weight excluding hydrogens is 212 g/mol. The van der Waals surface area contributed by atoms with Crippen LogP contribution in [-0.4, -0.2) is 6.17 Å². The molecule has 1 aliphatic heterocycles. The quantitative estimate of drug-likeness (QED) is 0.587. The zero-order chi connectivity index (χ0) is 11.9. The van der Waals surface area contributed by atoms with Gasteiger partial charge in [-0.2, -0.15) is 0 Å². The minimum atomic E-state index is 0.124. The fourth-order valence-electron chi connectivity index (χ4n) is 1.99. The minimum Gasteiger partial charge on any atom is -0.238 e. The molecule has 1 aliphatic rings. The highest BCUT2D eigenvalue weighted by molar-refractivity contribution is 5.18. The van der Waals surface area contributed by atoms with Crippen molar-refractivity contribution in [2.24, 2.45) is 0 Å². The Labute approximate surface area is 103 Å². The molecule has 1 aromatic rings. The predicted octanol–water partition coefficient (Wildman–Crippen LogP) is 1.79. The van der Waals surface area contributed by atoms with E-state index in [0.29, 0.717) is 6.17 Å². The van der Waals surface area contributed by atoms with Crippen LogP contribution in [0.4, 0.5) is 0 Å². The lowest BCUT2D eigenvalue weighted by Crippen LogP contribution is -2.64. The van der Waals surface area contributed by atoms with Gasteiger partial charge in [0.1, 0.15) is 6.17 Å². The van der Waals surface area contributed by atoms with E-state index in [-0.39, 0.29) is 6.17 Å². The van der Waals surface area contributed by atoms with Gasteiger partial charge >= 0.3 is 0 Å². The van der Waals surface area contributed by atoms with Gasteiger partial charge in [-0.25, -0.2) is 21.7 Å². The van der Waals surface area contributed by atoms with E-state index in [0.717, 1.165) is 6.42 Å². The molecule has 1 fully saturated rings. The smallest absolute Gasteiger partial charge is 0.109 e. The maximum atomic E-state index is 3.30. The van der Waals surface area contributed by atoms with E-state index in [1.807, 2.05) is 18.2 Å². The minimum absolute atomic E-state index is 0.124. The molecule has 0 aromatic heterocycles. The molecule has 4 heteroatoms. The Balaban J connectivity index is 1.74. The summed E-state index contributed by atoms with van der Waals surface area (Å²) in [5.41, 5.74) is 14.4. The lowest BCUT2D eigenvalue weighted by atomic mass is 10.1. The van der Waals surface area contributed by atoms with Crippen LogP contribution in [0.1, 0.15) is 44.3 Å². The Kier molecular flexibility index (Phi) is 4.94. The summed E-state index contributed by atoms with van der Waals surface area (Å²) in [6, 6.07) is 10.3. The highest BCUT2D eigenvalue weighted by Gasteiger charge is 2.18. The van der Waals surface area contributed by atoms with Gasteiger partial charge in [-0.15, -0.1) is 0 Å². The molecular formula is C13H22N4. The normalized spacial score (nSPS) is 24.8. The van der Waals surface area contributed by atoms with Crippen molar-refractivity contribution in [2.45, 2.75) is 44.9 Å². The second kappa shape index (κ2) is 6.71. The second-order valence-corrected chi connectivity index (χ2v) is 4.47. The van der Waals surface area contributed by atoms with Crippen LogP contribution in [0.3, 0.4) is 0 Å². The summed E-state index contributed by atoms with van der Waals surface area (Å²) in [5.74, 6) is 0. The second-order valence-electron chi connectivity index (χ2n) is 4.47. The van der Waals surface area contributed by atoms with E-state index in [9.17, 15) is 0 Å². The number of hydrogen-bond donors (Lipinski definition) is 4. The van der Waals surface area contributed by atoms with E-state index in [1.54, 1.807) is 0 Å². The molecule has 17 heavy (non-hydrogen) atoms. The van der Waals surface area contributed by atoms with Crippen LogP contribution >= 0.6 is 0 Å². The predicted molar refractivity (Wildman–Crippen MR) is 69.7 cm³/mol. The van der Waals surface area contributed by atoms with Crippen molar-refractivity contribution in [3.8, 4) is 0 Å². The highest BCUT2D eigenvalue weighted by atomic mass is 15.6. The largest absolute Gasteiger partial charge is 0.238 e. The summed E-state index contributed by atoms with van der Waals surface area (Å²) < 4.78 is 0. The topological polar surface area (TPSA) is 48.1 Å². The number of hydrogen-bond acceptors (Lipinski definition) is 4. The highest BCUT2D eigenvalue weighted by Crippen LogP contribution is 2.10. The average molecular weight is 234 g/mol. The first-order valence-electron chi connectivity index (χ1n) is 6.47. The third-order valence-corrected chi connectivity index (χ3v) is 3.03. The lowest BCUT2D eigenvalue weighted by Gasteiger charge is -2.33. The molecule has 0 radical (unpaired) electrons. The molecule has 1 aromatic carbocycles. The summed E-state index contributed by atoms with van der Waals surface area (Å²) in [4.78, 5) is 0. The third-order valence-electron chi connectivity index (χ3n) is 3.03. The van der Waals surface area contributed by atoms with Gasteiger partial charge in [0.2, 0.25) is 0 Å². The molecule has 0 bridgehead atoms. The van der Waals surface area contributed by atoms with Crippen molar-refractivity contribution in [2.75, 3.05) is 0 Å². The number of rotatable bonds is 5. The number of hydrazine groups is 2. The fourth-order valence-corrected chi connectivity index (χ4v) is 1.99. The Hall–Kier alpha value is -0.940. The third kappa shape index (κ3) is 3.78. The molecule has 2 rings (SSSR count). The van der Waals surface area contributed by atoms with E-state index in [4.69, 9.17) is 0 Å². The van der Waals surface area contributed by atoms with Crippen LogP contribution in [0.5, 0.6) is 0 Å². The number of nitrogens with one attached hydrogen (secondary N) is 4. The molecule has 94 valence electrons. The van der Waals surface area contributed by atoms with Gasteiger partial charge in [-0.3, -0.25) is 0 Å². The molecule has 0 atom stereocenters. The van der Waals surface area contributed by atoms with Gasteiger partial charge in [-0.05, 0) is 12.0 Å². The molecule has 4 N–H and O–H groups in total. The fraction of sp³-hybridized carbons (Fsp3) is 0.538. The Morgan fingerprint density at radius 2 is 1.65 bits per heavy atom. The Morgan fingerprint density at radius 3 is 2.29 bits per heavy atom. The van der Waals surface area contributed by atoms with E-state index in [2.05, 4.69) is 40.8 Å². The van der Waals surface area contributed by atoms with Gasteiger partial charge in [0.05, 0.1) is 6.17 Å². The molecule has 1 heterocycles. The Bertz CT molecular complexity index is 306. The van der Waals surface area contributed by atoms with Crippen LogP contribution in [0, 0.1) is 0 Å². The SMILES string of the molecule is CCCCCC1NNC(c2ccccc2)NN1. The first-order valence-corrected chi connectivity index (χ1v) is 6.47. The summed E-state index contributed by atoms with van der Waals surface area (Å²) in [6.45, 7) is 2.23. The maximum Gasteiger partial charge on any atom is 0.109 e. The monoisotopic (exact) mass is 234 g/mol. The molecule has 0 aliphatic carbocycles. The van der Waals surface area contributed by atoms with Crippen LogP contribution in [0.15, 0.2) is 30.3 Å². The number of benzene rings is 1. The zero-order valence-corrected chi connectivity index (χ0v) is 10.4. The van der Waals surface area contributed by atoms with Gasteiger partial charge in [0.25, 0.3) is 0 Å². The summed E-state index contributed by atoms with van der Waals surface area (Å²) >= 11 is 0. The Morgan fingerprint density at radius 1 is 0.941 bits per heavy atom. The van der Waals surface area contributed by atoms with Crippen molar-refractivity contribution in [1.29, 1.82) is 0 Å². The van der Waals surface area contributed by atoms with E-state index >= 15 is 0 Å². The number of unbranched alkanes of at least 4 members (excludes halogenated alkanes) is 2. The molecule has 0 unspecified atom stereocenters. The van der Waals surface area contributed by atoms with Gasteiger partial charge < -0.3 is 0 Å². The van der Waals surface area contributed by atoms with Gasteiger partial charge in [0.15, 0.2) is 0 Å². The van der Waals surface area contributed by atoms with Crippen LogP contribution in [-0.2, 0) is 0 Å². The molecule has 0 spiro atoms. The molecule has 0 amide bonds. The lowest BCUT2D eigenvalue weighted by molar-refractivity contribution is 0.182. The van der Waals surface area contributed by atoms with Crippen molar-refractivity contribution in [3.63, 3.8) is 0 Å². The molecule has 4 nitrogen and oxygen atoms in total. The van der Waals surface area contributed by atoms with Crippen molar-refractivity contribution >= 4 is 0 Å². The van der Waals surface area contributed by atoms with Crippen molar-refractivity contribution < 1.29 is 0 Å². The van der Waals surface area contributed by atoms with Crippen LogP contribution in [0.2, 0.25) is 0 Å².